The van der Waals surface area contributed by atoms with Gasteiger partial charge in [-0.1, -0.05) is 17.7 Å². The van der Waals surface area contributed by atoms with Crippen LogP contribution in [0.3, 0.4) is 0 Å². The Morgan fingerprint density at radius 2 is 1.82 bits per heavy atom. The van der Waals surface area contributed by atoms with E-state index in [4.69, 9.17) is 4.74 Å². The van der Waals surface area contributed by atoms with Gasteiger partial charge >= 0.3 is 0 Å². The Labute approximate surface area is 161 Å². The first-order chi connectivity index (χ1) is 13.8. The molecule has 6 nitrogen and oxygen atoms in total. The average molecular weight is 367 g/mol. The first-order valence-corrected chi connectivity index (χ1v) is 8.96. The lowest BCUT2D eigenvalue weighted by Crippen LogP contribution is -1.93. The number of anilines is 2. The summed E-state index contributed by atoms with van der Waals surface area (Å²) in [5.74, 6) is 2.04. The van der Waals surface area contributed by atoms with Gasteiger partial charge in [0.15, 0.2) is 5.82 Å². The molecule has 0 spiro atoms. The summed E-state index contributed by atoms with van der Waals surface area (Å²) in [6.45, 7) is 2.05. The highest BCUT2D eigenvalue weighted by atomic mass is 16.5. The predicted octanol–water partition coefficient (Wildman–Crippen LogP) is 5.35. The monoisotopic (exact) mass is 367 g/mol. The third-order valence-electron chi connectivity index (χ3n) is 4.55. The van der Waals surface area contributed by atoms with E-state index >= 15 is 0 Å². The Bertz CT molecular complexity index is 1280. The number of aromatic nitrogens is 4. The van der Waals surface area contributed by atoms with Gasteiger partial charge in [0.1, 0.15) is 11.3 Å². The number of benzene rings is 2. The molecule has 2 N–H and O–H groups in total. The number of H-pyrrole nitrogens is 1. The van der Waals surface area contributed by atoms with Gasteiger partial charge in [-0.3, -0.25) is 10.1 Å². The highest BCUT2D eigenvalue weighted by Gasteiger charge is 2.09. The Hall–Kier alpha value is -3.93. The van der Waals surface area contributed by atoms with Crippen LogP contribution < -0.4 is 10.1 Å². The lowest BCUT2D eigenvalue weighted by molar-refractivity contribution is 0.469. The second-order valence-electron chi connectivity index (χ2n) is 6.56. The van der Waals surface area contributed by atoms with Gasteiger partial charge in [0.05, 0.1) is 5.52 Å². The molecule has 3 aromatic heterocycles. The van der Waals surface area contributed by atoms with Crippen LogP contribution in [0.4, 0.5) is 11.5 Å². The fourth-order valence-electron chi connectivity index (χ4n) is 3.10. The van der Waals surface area contributed by atoms with Gasteiger partial charge in [0.2, 0.25) is 5.88 Å². The summed E-state index contributed by atoms with van der Waals surface area (Å²) in [4.78, 5) is 8.78. The maximum atomic E-state index is 5.99. The van der Waals surface area contributed by atoms with E-state index in [0.717, 1.165) is 33.2 Å². The molecule has 3 heterocycles. The average Bonchev–Trinajstić information content (AvgIpc) is 3.13. The maximum absolute atomic E-state index is 5.99. The molecule has 0 aliphatic carbocycles. The molecule has 0 atom stereocenters. The van der Waals surface area contributed by atoms with Crippen molar-refractivity contribution >= 4 is 33.3 Å². The number of ether oxygens (including phenoxy) is 1. The summed E-state index contributed by atoms with van der Waals surface area (Å²) >= 11 is 0. The zero-order valence-electron chi connectivity index (χ0n) is 15.2. The summed E-state index contributed by atoms with van der Waals surface area (Å²) in [6.07, 6.45) is 3.50. The predicted molar refractivity (Wildman–Crippen MR) is 110 cm³/mol. The number of nitrogens with zero attached hydrogens (tertiary/aromatic N) is 3. The van der Waals surface area contributed by atoms with Crippen molar-refractivity contribution in [3.63, 3.8) is 0 Å². The quantitative estimate of drug-likeness (QED) is 0.448. The van der Waals surface area contributed by atoms with Crippen molar-refractivity contribution in [2.45, 2.75) is 6.92 Å². The van der Waals surface area contributed by atoms with Crippen LogP contribution in [-0.2, 0) is 0 Å². The van der Waals surface area contributed by atoms with E-state index in [0.29, 0.717) is 11.7 Å². The normalized spacial score (nSPS) is 11.0. The van der Waals surface area contributed by atoms with Crippen molar-refractivity contribution in [2.24, 2.45) is 0 Å². The highest BCUT2D eigenvalue weighted by molar-refractivity contribution is 5.92. The number of rotatable bonds is 4. The highest BCUT2D eigenvalue weighted by Crippen LogP contribution is 2.31. The fraction of sp³-hybridized carbons (Fsp3) is 0.0455. The van der Waals surface area contributed by atoms with Crippen molar-refractivity contribution < 1.29 is 4.74 Å². The lowest BCUT2D eigenvalue weighted by atomic mass is 10.1. The number of aryl methyl sites for hydroxylation is 1. The molecule has 0 bridgehead atoms. The van der Waals surface area contributed by atoms with Gasteiger partial charge < -0.3 is 10.1 Å². The number of hydrogen-bond acceptors (Lipinski definition) is 5. The summed E-state index contributed by atoms with van der Waals surface area (Å²) in [5, 5.41) is 12.6. The molecule has 0 amide bonds. The van der Waals surface area contributed by atoms with E-state index in [2.05, 4.69) is 25.5 Å². The van der Waals surface area contributed by atoms with Gasteiger partial charge in [-0.2, -0.15) is 5.10 Å². The Morgan fingerprint density at radius 3 is 2.71 bits per heavy atom. The molecule has 0 unspecified atom stereocenters. The van der Waals surface area contributed by atoms with Gasteiger partial charge in [-0.15, -0.1) is 0 Å². The molecule has 2 aromatic carbocycles. The van der Waals surface area contributed by atoms with Crippen molar-refractivity contribution in [3.8, 4) is 11.6 Å². The molecule has 0 fully saturated rings. The third-order valence-corrected chi connectivity index (χ3v) is 4.55. The van der Waals surface area contributed by atoms with Crippen LogP contribution in [0.2, 0.25) is 0 Å². The van der Waals surface area contributed by atoms with Crippen LogP contribution >= 0.6 is 0 Å². The van der Waals surface area contributed by atoms with E-state index in [1.165, 1.54) is 5.56 Å². The Balaban J connectivity index is 1.47. The van der Waals surface area contributed by atoms with E-state index in [9.17, 15) is 0 Å². The molecule has 28 heavy (non-hydrogen) atoms. The van der Waals surface area contributed by atoms with Crippen molar-refractivity contribution in [2.75, 3.05) is 5.32 Å². The fourth-order valence-corrected chi connectivity index (χ4v) is 3.10. The molecular weight excluding hydrogens is 350 g/mol. The topological polar surface area (TPSA) is 75.7 Å². The van der Waals surface area contributed by atoms with Gasteiger partial charge in [-0.05, 0) is 60.8 Å². The first kappa shape index (κ1) is 16.3. The first-order valence-electron chi connectivity index (χ1n) is 8.96. The van der Waals surface area contributed by atoms with Crippen LogP contribution in [0.15, 0.2) is 73.1 Å². The minimum atomic E-state index is 0.583. The molecule has 5 aromatic rings. The van der Waals surface area contributed by atoms with E-state index < -0.39 is 0 Å². The summed E-state index contributed by atoms with van der Waals surface area (Å²) in [5.41, 5.74) is 3.80. The van der Waals surface area contributed by atoms with E-state index in [1.54, 1.807) is 12.4 Å². The van der Waals surface area contributed by atoms with Crippen LogP contribution in [0, 0.1) is 6.92 Å². The molecule has 6 heteroatoms. The molecule has 0 radical (unpaired) electrons. The molecule has 0 aliphatic rings. The molecule has 136 valence electrons. The molecule has 5 rings (SSSR count). The maximum Gasteiger partial charge on any atom is 0.227 e. The number of fused-ring (bicyclic) bond motifs is 2. The Kier molecular flexibility index (Phi) is 3.87. The molecular formula is C22H17N5O. The minimum Gasteiger partial charge on any atom is -0.438 e. The molecule has 0 aliphatic heterocycles. The van der Waals surface area contributed by atoms with Crippen molar-refractivity contribution in [1.29, 1.82) is 0 Å². The summed E-state index contributed by atoms with van der Waals surface area (Å²) in [7, 11) is 0. The van der Waals surface area contributed by atoms with Crippen LogP contribution in [0.1, 0.15) is 5.56 Å². The zero-order chi connectivity index (χ0) is 18.9. The van der Waals surface area contributed by atoms with E-state index in [-0.39, 0.29) is 0 Å². The number of pyridine rings is 2. The largest absolute Gasteiger partial charge is 0.438 e. The second-order valence-corrected chi connectivity index (χ2v) is 6.56. The van der Waals surface area contributed by atoms with Gasteiger partial charge in [0.25, 0.3) is 0 Å². The van der Waals surface area contributed by atoms with Crippen molar-refractivity contribution in [3.05, 3.63) is 78.6 Å². The standard InChI is InChI=1S/C22H17N5O/c1-14-4-7-17(8-5-14)28-22-18-9-6-16(13-15(18)10-12-24-22)25-21-20-19(26-27-21)3-2-11-23-20/h2-13H,1H3,(H2,25,26,27). The second kappa shape index (κ2) is 6.66. The molecule has 0 saturated heterocycles. The number of nitrogens with one attached hydrogen (secondary N) is 2. The summed E-state index contributed by atoms with van der Waals surface area (Å²) in [6, 6.07) is 19.7. The summed E-state index contributed by atoms with van der Waals surface area (Å²) < 4.78 is 5.99. The van der Waals surface area contributed by atoms with Crippen LogP contribution in [0.5, 0.6) is 11.6 Å². The number of aromatic amines is 1. The van der Waals surface area contributed by atoms with Crippen LogP contribution in [-0.4, -0.2) is 20.2 Å². The van der Waals surface area contributed by atoms with Crippen molar-refractivity contribution in [1.82, 2.24) is 20.2 Å². The van der Waals surface area contributed by atoms with Crippen LogP contribution in [0.25, 0.3) is 21.8 Å². The molecule has 0 saturated carbocycles. The Morgan fingerprint density at radius 1 is 0.929 bits per heavy atom. The van der Waals surface area contributed by atoms with Gasteiger partial charge in [-0.25, -0.2) is 4.98 Å². The smallest absolute Gasteiger partial charge is 0.227 e. The number of hydrogen-bond donors (Lipinski definition) is 2. The minimum absolute atomic E-state index is 0.583. The zero-order valence-corrected chi connectivity index (χ0v) is 15.2. The lowest BCUT2D eigenvalue weighted by Gasteiger charge is -2.10. The third kappa shape index (κ3) is 3.01. The SMILES string of the molecule is Cc1ccc(Oc2nccc3cc(Nc4n[nH]c5cccnc45)ccc23)cc1. The van der Waals surface area contributed by atoms with E-state index in [1.807, 2.05) is 67.6 Å². The van der Waals surface area contributed by atoms with Gasteiger partial charge in [0, 0.05) is 23.5 Å².